The van der Waals surface area contributed by atoms with Crippen LogP contribution in [0.15, 0.2) is 59.1 Å². The average molecular weight is 583 g/mol. The van der Waals surface area contributed by atoms with Gasteiger partial charge in [0, 0.05) is 25.4 Å². The van der Waals surface area contributed by atoms with Crippen molar-refractivity contribution in [3.8, 4) is 0 Å². The fraction of sp³-hybridized carbons (Fsp3) is 0.516. The number of hydrogen-bond acceptors (Lipinski definition) is 6. The second kappa shape index (κ2) is 17.0. The molecule has 3 atom stereocenters. The minimum atomic E-state index is -0.910. The van der Waals surface area contributed by atoms with Crippen LogP contribution < -0.4 is 22.1 Å². The van der Waals surface area contributed by atoms with Gasteiger partial charge in [0.15, 0.2) is 5.96 Å². The highest BCUT2D eigenvalue weighted by atomic mass is 16.6. The van der Waals surface area contributed by atoms with Gasteiger partial charge in [0.1, 0.15) is 24.0 Å². The van der Waals surface area contributed by atoms with Crippen molar-refractivity contribution in [3.63, 3.8) is 0 Å². The quantitative estimate of drug-likeness (QED) is 0.187. The lowest BCUT2D eigenvalue weighted by atomic mass is 9.86. The number of benzene rings is 1. The molecular weight excluding hydrogens is 536 g/mol. The van der Waals surface area contributed by atoms with E-state index < -0.39 is 23.8 Å². The zero-order chi connectivity index (χ0) is 31.1. The van der Waals surface area contributed by atoms with Crippen molar-refractivity contribution in [1.29, 1.82) is 0 Å². The van der Waals surface area contributed by atoms with E-state index in [1.807, 2.05) is 49.4 Å². The summed E-state index contributed by atoms with van der Waals surface area (Å²) in [5.74, 6) is -0.671. The van der Waals surface area contributed by atoms with Crippen LogP contribution in [0.25, 0.3) is 0 Å². The van der Waals surface area contributed by atoms with Crippen LogP contribution in [0.2, 0.25) is 0 Å². The number of ether oxygens (including phenoxy) is 1. The van der Waals surface area contributed by atoms with Crippen molar-refractivity contribution in [1.82, 2.24) is 15.5 Å². The second-order valence-corrected chi connectivity index (χ2v) is 11.2. The number of guanidine groups is 1. The van der Waals surface area contributed by atoms with Crippen LogP contribution in [0.1, 0.15) is 58.9 Å². The first-order valence-electron chi connectivity index (χ1n) is 14.4. The number of aldehydes is 1. The maximum Gasteiger partial charge on any atom is 0.408 e. The van der Waals surface area contributed by atoms with Gasteiger partial charge < -0.3 is 36.5 Å². The number of allylic oxidation sites excluding steroid dienone is 3. The summed E-state index contributed by atoms with van der Waals surface area (Å²) in [6, 6.07) is 7.73. The van der Waals surface area contributed by atoms with E-state index in [4.69, 9.17) is 16.2 Å². The number of nitrogens with one attached hydrogen (secondary N) is 2. The molecule has 1 aromatic carbocycles. The second-order valence-electron chi connectivity index (χ2n) is 11.2. The lowest BCUT2D eigenvalue weighted by molar-refractivity contribution is -0.140. The molecule has 1 saturated heterocycles. The number of carbonyl (C=O) groups is 4. The first-order valence-corrected chi connectivity index (χ1v) is 14.4. The first kappa shape index (κ1) is 34.1. The number of nitrogens with two attached hydrogens (primary N) is 2. The van der Waals surface area contributed by atoms with E-state index in [1.54, 1.807) is 25.7 Å². The molecule has 1 aliphatic heterocycles. The number of likely N-dealkylation sites (tertiary alicyclic amines) is 1. The molecule has 1 heterocycles. The van der Waals surface area contributed by atoms with E-state index >= 15 is 0 Å². The summed E-state index contributed by atoms with van der Waals surface area (Å²) in [6.07, 6.45) is 9.60. The Morgan fingerprint density at radius 2 is 1.90 bits per heavy atom. The number of amides is 3. The lowest BCUT2D eigenvalue weighted by Crippen LogP contribution is -2.56. The molecule has 0 spiro atoms. The monoisotopic (exact) mass is 582 g/mol. The normalized spacial score (nSPS) is 18.5. The van der Waals surface area contributed by atoms with Crippen molar-refractivity contribution >= 4 is 30.2 Å². The molecule has 1 aromatic rings. The summed E-state index contributed by atoms with van der Waals surface area (Å²) in [6.45, 7) is 8.29. The van der Waals surface area contributed by atoms with Crippen LogP contribution in [0.3, 0.4) is 0 Å². The molecule has 0 saturated carbocycles. The third-order valence-corrected chi connectivity index (χ3v) is 6.62. The van der Waals surface area contributed by atoms with E-state index in [0.717, 1.165) is 36.9 Å². The van der Waals surface area contributed by atoms with E-state index in [-0.39, 0.29) is 36.7 Å². The van der Waals surface area contributed by atoms with Crippen molar-refractivity contribution in [2.45, 2.75) is 77.5 Å². The Morgan fingerprint density at radius 1 is 1.19 bits per heavy atom. The van der Waals surface area contributed by atoms with Crippen LogP contribution in [0, 0.1) is 5.92 Å². The van der Waals surface area contributed by atoms with Gasteiger partial charge in [0.05, 0.1) is 6.54 Å². The van der Waals surface area contributed by atoms with E-state index in [9.17, 15) is 19.2 Å². The molecule has 11 nitrogen and oxygen atoms in total. The number of carbonyl (C=O) groups excluding carboxylic acids is 4. The van der Waals surface area contributed by atoms with Crippen molar-refractivity contribution in [2.24, 2.45) is 22.4 Å². The van der Waals surface area contributed by atoms with Gasteiger partial charge in [-0.05, 0) is 52.0 Å². The fourth-order valence-electron chi connectivity index (χ4n) is 4.87. The van der Waals surface area contributed by atoms with Crippen LogP contribution >= 0.6 is 0 Å². The molecule has 0 radical (unpaired) electrons. The Hall–Kier alpha value is -4.15. The molecule has 11 heteroatoms. The van der Waals surface area contributed by atoms with Crippen LogP contribution in [-0.4, -0.2) is 72.4 Å². The molecule has 1 fully saturated rings. The zero-order valence-corrected chi connectivity index (χ0v) is 25.2. The van der Waals surface area contributed by atoms with Gasteiger partial charge in [-0.25, -0.2) is 4.79 Å². The lowest BCUT2D eigenvalue weighted by Gasteiger charge is -2.32. The summed E-state index contributed by atoms with van der Waals surface area (Å²) in [5, 5.41) is 5.36. The molecule has 3 amide bonds. The zero-order valence-electron chi connectivity index (χ0n) is 25.2. The number of hydrogen-bond donors (Lipinski definition) is 4. The van der Waals surface area contributed by atoms with Gasteiger partial charge in [-0.3, -0.25) is 14.6 Å². The number of alkyl carbamates (subject to hydrolysis) is 1. The maximum atomic E-state index is 13.8. The van der Waals surface area contributed by atoms with Crippen molar-refractivity contribution in [3.05, 3.63) is 59.7 Å². The molecule has 230 valence electrons. The Labute approximate surface area is 248 Å². The minimum Gasteiger partial charge on any atom is -0.444 e. The largest absolute Gasteiger partial charge is 0.444 e. The minimum absolute atomic E-state index is 0.118. The van der Waals surface area contributed by atoms with Crippen LogP contribution in [0.4, 0.5) is 4.79 Å². The molecule has 6 N–H and O–H groups in total. The van der Waals surface area contributed by atoms with Crippen molar-refractivity contribution < 1.29 is 23.9 Å². The third-order valence-electron chi connectivity index (χ3n) is 6.62. The highest BCUT2D eigenvalue weighted by molar-refractivity contribution is 5.93. The molecule has 0 bridgehead atoms. The van der Waals surface area contributed by atoms with Gasteiger partial charge in [-0.2, -0.15) is 0 Å². The average Bonchev–Trinajstić information content (AvgIpc) is 3.40. The standard InChI is InChI=1S/C27H35N3O5.C4H11N3/c1-27(2,3)35-26(34)29-22(18-19-10-6-4-7-11-19)25(33)30-16-14-21(20-12-8-5-9-13-20)23(30)24(32)28-15-17-31;1-2-3-7-4(5)6/h4-8,10-12,17,21-23H,9,13-16,18H2,1-3H3,(H,28,32)(H,29,34);2-3H2,1H3,(H4,5,6,7)/t21?,22-,23?;/m1./s1. The Kier molecular flexibility index (Phi) is 13.7. The topological polar surface area (TPSA) is 169 Å². The summed E-state index contributed by atoms with van der Waals surface area (Å²) < 4.78 is 5.41. The fourth-order valence-corrected chi connectivity index (χ4v) is 4.87. The molecule has 1 aliphatic carbocycles. The molecule has 3 rings (SSSR count). The Balaban J connectivity index is 0.000000782. The van der Waals surface area contributed by atoms with E-state index in [0.29, 0.717) is 19.3 Å². The van der Waals surface area contributed by atoms with E-state index in [2.05, 4.69) is 21.7 Å². The van der Waals surface area contributed by atoms with Gasteiger partial charge in [0.25, 0.3) is 0 Å². The first-order chi connectivity index (χ1) is 20.0. The van der Waals surface area contributed by atoms with Gasteiger partial charge in [-0.1, -0.05) is 61.1 Å². The smallest absolute Gasteiger partial charge is 0.408 e. The summed E-state index contributed by atoms with van der Waals surface area (Å²) in [5.41, 5.74) is 11.3. The summed E-state index contributed by atoms with van der Waals surface area (Å²) in [7, 11) is 0. The van der Waals surface area contributed by atoms with Crippen LogP contribution in [0.5, 0.6) is 0 Å². The molecule has 42 heavy (non-hydrogen) atoms. The molecular formula is C31H46N6O5. The number of aliphatic imine (C=N–C) groups is 1. The molecule has 0 aromatic heterocycles. The highest BCUT2D eigenvalue weighted by Crippen LogP contribution is 2.35. The summed E-state index contributed by atoms with van der Waals surface area (Å²) in [4.78, 5) is 55.7. The van der Waals surface area contributed by atoms with Gasteiger partial charge >= 0.3 is 6.09 Å². The highest BCUT2D eigenvalue weighted by Gasteiger charge is 2.45. The summed E-state index contributed by atoms with van der Waals surface area (Å²) >= 11 is 0. The van der Waals surface area contributed by atoms with Gasteiger partial charge in [0.2, 0.25) is 11.8 Å². The predicted molar refractivity (Wildman–Crippen MR) is 163 cm³/mol. The Morgan fingerprint density at radius 3 is 2.45 bits per heavy atom. The van der Waals surface area contributed by atoms with E-state index in [1.165, 1.54) is 0 Å². The predicted octanol–water partition coefficient (Wildman–Crippen LogP) is 2.60. The Bertz CT molecular complexity index is 1140. The number of nitrogens with zero attached hydrogens (tertiary/aromatic N) is 2. The molecule has 2 unspecified atom stereocenters. The SMILES string of the molecule is CC(C)(C)OC(=O)N[C@H](Cc1ccccc1)C(=O)N1CCC(C2=CC=CCC2)C1C(=O)NCC=O.CCCN=C(N)N. The third kappa shape index (κ3) is 11.4. The van der Waals surface area contributed by atoms with Crippen molar-refractivity contribution in [2.75, 3.05) is 19.6 Å². The molecule has 2 aliphatic rings. The maximum absolute atomic E-state index is 13.8. The van der Waals surface area contributed by atoms with Gasteiger partial charge in [-0.15, -0.1) is 0 Å². The van der Waals surface area contributed by atoms with Crippen LogP contribution in [-0.2, 0) is 25.5 Å². The number of rotatable bonds is 10.